The molecule has 4 heteroatoms. The van der Waals surface area contributed by atoms with Crippen molar-refractivity contribution in [2.24, 2.45) is 0 Å². The Morgan fingerprint density at radius 1 is 1.04 bits per heavy atom. The van der Waals surface area contributed by atoms with Gasteiger partial charge in [-0.1, -0.05) is 43.5 Å². The molecule has 2 aromatic carbocycles. The molecular formula is C23H26N2O2. The van der Waals surface area contributed by atoms with Crippen LogP contribution >= 0.6 is 0 Å². The SMILES string of the molecule is CCN(C(=O)COc1ccc(-c2ccc(C#N)cc2)cc1)C1CCCCC1. The highest BCUT2D eigenvalue weighted by Gasteiger charge is 2.24. The van der Waals surface area contributed by atoms with Crippen LogP contribution in [0.25, 0.3) is 11.1 Å². The maximum atomic E-state index is 12.6. The van der Waals surface area contributed by atoms with Crippen molar-refractivity contribution in [3.05, 3.63) is 54.1 Å². The van der Waals surface area contributed by atoms with Crippen LogP contribution in [0, 0.1) is 11.3 Å². The van der Waals surface area contributed by atoms with E-state index in [2.05, 4.69) is 6.07 Å². The number of rotatable bonds is 6. The summed E-state index contributed by atoms with van der Waals surface area (Å²) in [6.07, 6.45) is 5.93. The van der Waals surface area contributed by atoms with E-state index in [1.807, 2.05) is 60.4 Å². The van der Waals surface area contributed by atoms with Crippen molar-refractivity contribution in [2.75, 3.05) is 13.2 Å². The van der Waals surface area contributed by atoms with Crippen molar-refractivity contribution >= 4 is 5.91 Å². The van der Waals surface area contributed by atoms with Crippen LogP contribution in [0.1, 0.15) is 44.6 Å². The van der Waals surface area contributed by atoms with Gasteiger partial charge >= 0.3 is 0 Å². The van der Waals surface area contributed by atoms with Crippen molar-refractivity contribution in [3.63, 3.8) is 0 Å². The Labute approximate surface area is 161 Å². The highest BCUT2D eigenvalue weighted by Crippen LogP contribution is 2.24. The third-order valence-corrected chi connectivity index (χ3v) is 5.24. The molecule has 0 unspecified atom stereocenters. The van der Waals surface area contributed by atoms with E-state index >= 15 is 0 Å². The van der Waals surface area contributed by atoms with E-state index in [1.54, 1.807) is 0 Å². The van der Waals surface area contributed by atoms with Gasteiger partial charge in [0.05, 0.1) is 11.6 Å². The van der Waals surface area contributed by atoms with E-state index in [0.29, 0.717) is 17.4 Å². The van der Waals surface area contributed by atoms with Gasteiger partial charge in [0.2, 0.25) is 0 Å². The van der Waals surface area contributed by atoms with Crippen molar-refractivity contribution in [1.29, 1.82) is 5.26 Å². The van der Waals surface area contributed by atoms with Crippen LogP contribution < -0.4 is 4.74 Å². The van der Waals surface area contributed by atoms with Gasteiger partial charge in [-0.3, -0.25) is 4.79 Å². The van der Waals surface area contributed by atoms with Gasteiger partial charge < -0.3 is 9.64 Å². The van der Waals surface area contributed by atoms with Gasteiger partial charge in [0.1, 0.15) is 5.75 Å². The highest BCUT2D eigenvalue weighted by molar-refractivity contribution is 5.78. The predicted octanol–water partition coefficient (Wildman–Crippen LogP) is 4.79. The van der Waals surface area contributed by atoms with Gasteiger partial charge in [0.25, 0.3) is 5.91 Å². The minimum atomic E-state index is 0.0700. The summed E-state index contributed by atoms with van der Waals surface area (Å²) in [5, 5.41) is 8.88. The number of hydrogen-bond acceptors (Lipinski definition) is 3. The van der Waals surface area contributed by atoms with Gasteiger partial charge in [0.15, 0.2) is 6.61 Å². The van der Waals surface area contributed by atoms with Crippen molar-refractivity contribution < 1.29 is 9.53 Å². The van der Waals surface area contributed by atoms with Gasteiger partial charge in [0, 0.05) is 12.6 Å². The van der Waals surface area contributed by atoms with Crippen LogP contribution in [0.2, 0.25) is 0 Å². The molecule has 1 aliphatic carbocycles. The first-order valence-electron chi connectivity index (χ1n) is 9.74. The lowest BCUT2D eigenvalue weighted by Gasteiger charge is -2.33. The minimum absolute atomic E-state index is 0.0700. The number of ether oxygens (including phenoxy) is 1. The highest BCUT2D eigenvalue weighted by atomic mass is 16.5. The number of nitrogens with zero attached hydrogens (tertiary/aromatic N) is 2. The Balaban J connectivity index is 1.57. The minimum Gasteiger partial charge on any atom is -0.484 e. The maximum absolute atomic E-state index is 12.6. The van der Waals surface area contributed by atoms with E-state index in [-0.39, 0.29) is 12.5 Å². The molecule has 27 heavy (non-hydrogen) atoms. The number of likely N-dealkylation sites (N-methyl/N-ethyl adjacent to an activating group) is 1. The smallest absolute Gasteiger partial charge is 0.260 e. The molecule has 0 aromatic heterocycles. The molecule has 0 heterocycles. The Kier molecular flexibility index (Phi) is 6.49. The molecule has 4 nitrogen and oxygen atoms in total. The largest absolute Gasteiger partial charge is 0.484 e. The molecule has 1 amide bonds. The molecule has 0 aliphatic heterocycles. The van der Waals surface area contributed by atoms with E-state index < -0.39 is 0 Å². The Bertz CT molecular complexity index is 785. The lowest BCUT2D eigenvalue weighted by molar-refractivity contribution is -0.136. The summed E-state index contributed by atoms with van der Waals surface area (Å²) in [5.74, 6) is 0.765. The zero-order chi connectivity index (χ0) is 19.1. The molecular weight excluding hydrogens is 336 g/mol. The van der Waals surface area contributed by atoms with Crippen LogP contribution in [0.15, 0.2) is 48.5 Å². The molecule has 1 fully saturated rings. The van der Waals surface area contributed by atoms with E-state index in [4.69, 9.17) is 10.00 Å². The van der Waals surface area contributed by atoms with Crippen LogP contribution in [0.5, 0.6) is 5.75 Å². The number of benzene rings is 2. The molecule has 0 spiro atoms. The van der Waals surface area contributed by atoms with Crippen LogP contribution in [0.4, 0.5) is 0 Å². The monoisotopic (exact) mass is 362 g/mol. The summed E-state index contributed by atoms with van der Waals surface area (Å²) in [7, 11) is 0. The van der Waals surface area contributed by atoms with Gasteiger partial charge in [-0.25, -0.2) is 0 Å². The quantitative estimate of drug-likeness (QED) is 0.743. The fourth-order valence-electron chi connectivity index (χ4n) is 3.74. The van der Waals surface area contributed by atoms with Gasteiger partial charge in [-0.2, -0.15) is 5.26 Å². The third kappa shape index (κ3) is 4.89. The Hall–Kier alpha value is -2.80. The fourth-order valence-corrected chi connectivity index (χ4v) is 3.74. The number of hydrogen-bond donors (Lipinski definition) is 0. The standard InChI is InChI=1S/C23H26N2O2/c1-2-25(21-6-4-3-5-7-21)23(26)17-27-22-14-12-20(13-15-22)19-10-8-18(16-24)9-11-19/h8-15,21H,2-7,17H2,1H3. The number of nitriles is 1. The van der Waals surface area contributed by atoms with Crippen LogP contribution in [0.3, 0.4) is 0 Å². The summed E-state index contributed by atoms with van der Waals surface area (Å²) < 4.78 is 5.73. The lowest BCUT2D eigenvalue weighted by Crippen LogP contribution is -2.43. The number of amides is 1. The Morgan fingerprint density at radius 2 is 1.63 bits per heavy atom. The molecule has 1 saturated carbocycles. The third-order valence-electron chi connectivity index (χ3n) is 5.24. The summed E-state index contributed by atoms with van der Waals surface area (Å²) in [5.41, 5.74) is 2.75. The average Bonchev–Trinajstić information content (AvgIpc) is 2.74. The first-order valence-corrected chi connectivity index (χ1v) is 9.74. The molecule has 140 valence electrons. The van der Waals surface area contributed by atoms with Crippen molar-refractivity contribution in [2.45, 2.75) is 45.1 Å². The second-order valence-electron chi connectivity index (χ2n) is 6.97. The first kappa shape index (κ1) is 19.0. The zero-order valence-corrected chi connectivity index (χ0v) is 15.9. The molecule has 0 radical (unpaired) electrons. The summed E-state index contributed by atoms with van der Waals surface area (Å²) in [6, 6.07) is 17.7. The van der Waals surface area contributed by atoms with Crippen molar-refractivity contribution in [1.82, 2.24) is 4.90 Å². The second kappa shape index (κ2) is 9.23. The van der Waals surface area contributed by atoms with Crippen molar-refractivity contribution in [3.8, 4) is 22.9 Å². The normalized spacial score (nSPS) is 14.4. The summed E-state index contributed by atoms with van der Waals surface area (Å²) >= 11 is 0. The lowest BCUT2D eigenvalue weighted by atomic mass is 9.94. The zero-order valence-electron chi connectivity index (χ0n) is 15.9. The molecule has 0 saturated heterocycles. The molecule has 0 bridgehead atoms. The Morgan fingerprint density at radius 3 is 2.19 bits per heavy atom. The molecule has 2 aromatic rings. The summed E-state index contributed by atoms with van der Waals surface area (Å²) in [4.78, 5) is 14.5. The van der Waals surface area contributed by atoms with Crippen LogP contribution in [-0.4, -0.2) is 30.0 Å². The number of carbonyl (C=O) groups excluding carboxylic acids is 1. The van der Waals surface area contributed by atoms with Crippen LogP contribution in [-0.2, 0) is 4.79 Å². The second-order valence-corrected chi connectivity index (χ2v) is 6.97. The van der Waals surface area contributed by atoms with E-state index in [1.165, 1.54) is 19.3 Å². The van der Waals surface area contributed by atoms with Gasteiger partial charge in [-0.15, -0.1) is 0 Å². The predicted molar refractivity (Wildman–Crippen MR) is 106 cm³/mol. The maximum Gasteiger partial charge on any atom is 0.260 e. The fraction of sp³-hybridized carbons (Fsp3) is 0.391. The molecule has 3 rings (SSSR count). The molecule has 0 N–H and O–H groups in total. The van der Waals surface area contributed by atoms with Gasteiger partial charge in [-0.05, 0) is 55.2 Å². The molecule has 1 aliphatic rings. The first-order chi connectivity index (χ1) is 13.2. The molecule has 0 atom stereocenters. The number of carbonyl (C=O) groups is 1. The summed E-state index contributed by atoms with van der Waals surface area (Å²) in [6.45, 7) is 2.87. The van der Waals surface area contributed by atoms with E-state index in [0.717, 1.165) is 30.5 Å². The average molecular weight is 362 g/mol. The van der Waals surface area contributed by atoms with E-state index in [9.17, 15) is 4.79 Å². The topological polar surface area (TPSA) is 53.3 Å².